The molecule has 25 heavy (non-hydrogen) atoms. The molecule has 2 aliphatic rings. The van der Waals surface area contributed by atoms with Gasteiger partial charge < -0.3 is 14.8 Å². The maximum Gasteiger partial charge on any atom is 0.246 e. The predicted molar refractivity (Wildman–Crippen MR) is 94.0 cm³/mol. The molecule has 1 atom stereocenters. The zero-order valence-electron chi connectivity index (χ0n) is 14.9. The predicted octanol–water partition coefficient (Wildman–Crippen LogP) is 0.665. The molecule has 1 aromatic heterocycles. The van der Waals surface area contributed by atoms with Gasteiger partial charge in [-0.1, -0.05) is 6.07 Å². The molecule has 0 spiro atoms. The number of carbonyl (C=O) groups excluding carboxylic acids is 2. The maximum atomic E-state index is 12.4. The van der Waals surface area contributed by atoms with Crippen LogP contribution in [0.5, 0.6) is 0 Å². The molecule has 4 rings (SSSR count). The van der Waals surface area contributed by atoms with Crippen LogP contribution in [-0.2, 0) is 16.1 Å². The van der Waals surface area contributed by atoms with Crippen molar-refractivity contribution in [2.75, 3.05) is 33.2 Å². The third-order valence-corrected chi connectivity index (χ3v) is 5.42. The van der Waals surface area contributed by atoms with Crippen LogP contribution in [0.2, 0.25) is 0 Å². The van der Waals surface area contributed by atoms with Crippen LogP contribution >= 0.6 is 0 Å². The first kappa shape index (κ1) is 16.1. The van der Waals surface area contributed by atoms with Gasteiger partial charge in [-0.2, -0.15) is 0 Å². The van der Waals surface area contributed by atoms with Gasteiger partial charge in [-0.3, -0.25) is 14.5 Å². The van der Waals surface area contributed by atoms with Crippen molar-refractivity contribution in [2.45, 2.75) is 26.4 Å². The van der Waals surface area contributed by atoms with Gasteiger partial charge in [0, 0.05) is 26.7 Å². The number of piperazine rings is 2. The summed E-state index contributed by atoms with van der Waals surface area (Å²) in [6.45, 7) is 6.94. The minimum absolute atomic E-state index is 0.0281. The number of benzene rings is 1. The molecule has 132 valence electrons. The van der Waals surface area contributed by atoms with E-state index in [2.05, 4.69) is 35.9 Å². The molecule has 1 N–H and O–H groups in total. The lowest BCUT2D eigenvalue weighted by Crippen LogP contribution is -2.65. The largest absolute Gasteiger partial charge is 0.341 e. The number of fused-ring (bicyclic) bond motifs is 2. The number of aromatic amines is 1. The van der Waals surface area contributed by atoms with Gasteiger partial charge in [0.2, 0.25) is 11.8 Å². The molecule has 2 amide bonds. The summed E-state index contributed by atoms with van der Waals surface area (Å²) in [6.07, 6.45) is 0. The van der Waals surface area contributed by atoms with Crippen molar-refractivity contribution in [3.63, 3.8) is 0 Å². The Kier molecular flexibility index (Phi) is 3.76. The van der Waals surface area contributed by atoms with Crippen LogP contribution in [-0.4, -0.2) is 75.8 Å². The van der Waals surface area contributed by atoms with E-state index in [4.69, 9.17) is 4.98 Å². The molecule has 1 aromatic carbocycles. The van der Waals surface area contributed by atoms with Crippen molar-refractivity contribution in [3.05, 3.63) is 29.1 Å². The van der Waals surface area contributed by atoms with Gasteiger partial charge in [0.15, 0.2) is 0 Å². The molecule has 3 heterocycles. The summed E-state index contributed by atoms with van der Waals surface area (Å²) in [5.41, 5.74) is 4.48. The van der Waals surface area contributed by atoms with Crippen LogP contribution in [0, 0.1) is 13.8 Å². The number of rotatable bonds is 2. The normalized spacial score (nSPS) is 22.0. The van der Waals surface area contributed by atoms with E-state index < -0.39 is 0 Å². The minimum atomic E-state index is -0.367. The number of carbonyl (C=O) groups is 2. The van der Waals surface area contributed by atoms with E-state index in [0.717, 1.165) is 23.4 Å². The maximum absolute atomic E-state index is 12.4. The zero-order chi connectivity index (χ0) is 17.7. The molecule has 2 fully saturated rings. The van der Waals surface area contributed by atoms with E-state index in [0.29, 0.717) is 19.6 Å². The van der Waals surface area contributed by atoms with Crippen LogP contribution in [0.25, 0.3) is 11.0 Å². The second-order valence-corrected chi connectivity index (χ2v) is 7.12. The van der Waals surface area contributed by atoms with Gasteiger partial charge in [0.05, 0.1) is 24.1 Å². The van der Waals surface area contributed by atoms with Crippen LogP contribution in [0.15, 0.2) is 12.1 Å². The van der Waals surface area contributed by atoms with Crippen molar-refractivity contribution < 1.29 is 9.59 Å². The fourth-order valence-electron chi connectivity index (χ4n) is 3.77. The lowest BCUT2D eigenvalue weighted by Gasteiger charge is -2.45. The topological polar surface area (TPSA) is 72.5 Å². The van der Waals surface area contributed by atoms with Crippen molar-refractivity contribution in [2.24, 2.45) is 0 Å². The number of likely N-dealkylation sites (N-methyl/N-ethyl adjacent to an activating group) is 1. The van der Waals surface area contributed by atoms with Gasteiger partial charge >= 0.3 is 0 Å². The molecular weight excluding hydrogens is 318 g/mol. The first-order chi connectivity index (χ1) is 11.9. The fraction of sp³-hybridized carbons (Fsp3) is 0.500. The highest BCUT2D eigenvalue weighted by Gasteiger charge is 2.41. The van der Waals surface area contributed by atoms with Crippen LogP contribution in [0.3, 0.4) is 0 Å². The first-order valence-electron chi connectivity index (χ1n) is 8.65. The summed E-state index contributed by atoms with van der Waals surface area (Å²) >= 11 is 0. The van der Waals surface area contributed by atoms with E-state index >= 15 is 0 Å². The van der Waals surface area contributed by atoms with Crippen molar-refractivity contribution in [3.8, 4) is 0 Å². The molecule has 2 aromatic rings. The fourth-order valence-corrected chi connectivity index (χ4v) is 3.77. The molecule has 0 bridgehead atoms. The SMILES string of the molecule is Cc1ccc2[nH]c(CN3CCN4C(=O)CN(C)C(=O)[C@H]4C3)nc2c1C. The highest BCUT2D eigenvalue weighted by atomic mass is 16.2. The number of hydrogen-bond donors (Lipinski definition) is 1. The second-order valence-electron chi connectivity index (χ2n) is 7.12. The summed E-state index contributed by atoms with van der Waals surface area (Å²) in [4.78, 5) is 38.1. The number of hydrogen-bond acceptors (Lipinski definition) is 4. The highest BCUT2D eigenvalue weighted by Crippen LogP contribution is 2.22. The molecule has 0 aliphatic carbocycles. The van der Waals surface area contributed by atoms with E-state index in [9.17, 15) is 9.59 Å². The van der Waals surface area contributed by atoms with Crippen molar-refractivity contribution >= 4 is 22.8 Å². The Morgan fingerprint density at radius 3 is 2.84 bits per heavy atom. The molecule has 0 unspecified atom stereocenters. The monoisotopic (exact) mass is 341 g/mol. The number of amides is 2. The summed E-state index contributed by atoms with van der Waals surface area (Å²) in [6, 6.07) is 3.79. The molecule has 2 saturated heterocycles. The van der Waals surface area contributed by atoms with Gasteiger partial charge in [-0.15, -0.1) is 0 Å². The van der Waals surface area contributed by atoms with E-state index in [1.165, 1.54) is 16.0 Å². The van der Waals surface area contributed by atoms with Crippen LogP contribution < -0.4 is 0 Å². The molecule has 2 aliphatic heterocycles. The highest BCUT2D eigenvalue weighted by molar-refractivity contribution is 5.95. The lowest BCUT2D eigenvalue weighted by molar-refractivity contribution is -0.158. The van der Waals surface area contributed by atoms with Gasteiger partial charge in [-0.05, 0) is 31.0 Å². The van der Waals surface area contributed by atoms with Gasteiger partial charge in [0.25, 0.3) is 0 Å². The van der Waals surface area contributed by atoms with Crippen molar-refractivity contribution in [1.82, 2.24) is 24.7 Å². The Balaban J connectivity index is 1.53. The molecule has 7 heteroatoms. The molecule has 0 saturated carbocycles. The zero-order valence-corrected chi connectivity index (χ0v) is 14.9. The Morgan fingerprint density at radius 2 is 2.04 bits per heavy atom. The minimum Gasteiger partial charge on any atom is -0.341 e. The number of aryl methyl sites for hydroxylation is 2. The third kappa shape index (κ3) is 2.68. The Morgan fingerprint density at radius 1 is 1.24 bits per heavy atom. The quantitative estimate of drug-likeness (QED) is 0.871. The summed E-state index contributed by atoms with van der Waals surface area (Å²) < 4.78 is 0. The number of nitrogens with zero attached hydrogens (tertiary/aromatic N) is 4. The Hall–Kier alpha value is -2.41. The summed E-state index contributed by atoms with van der Waals surface area (Å²) in [7, 11) is 1.70. The molecule has 0 radical (unpaired) electrons. The summed E-state index contributed by atoms with van der Waals surface area (Å²) in [5.74, 6) is 0.974. The standard InChI is InChI=1S/C18H23N5O2/c1-11-4-5-13-17(12(11)2)20-15(19-13)9-22-6-7-23-14(8-22)18(25)21(3)10-16(23)24/h4-5,14H,6-10H2,1-3H3,(H,19,20)/t14-/m1/s1. The van der Waals surface area contributed by atoms with Crippen molar-refractivity contribution in [1.29, 1.82) is 0 Å². The lowest BCUT2D eigenvalue weighted by atomic mass is 10.1. The van der Waals surface area contributed by atoms with E-state index in [-0.39, 0.29) is 24.4 Å². The van der Waals surface area contributed by atoms with Gasteiger partial charge in [-0.25, -0.2) is 4.98 Å². The molecular formula is C18H23N5O2. The third-order valence-electron chi connectivity index (χ3n) is 5.42. The average molecular weight is 341 g/mol. The second kappa shape index (κ2) is 5.84. The first-order valence-corrected chi connectivity index (χ1v) is 8.65. The van der Waals surface area contributed by atoms with Gasteiger partial charge in [0.1, 0.15) is 11.9 Å². The Bertz CT molecular complexity index is 859. The number of nitrogens with one attached hydrogen (secondary N) is 1. The average Bonchev–Trinajstić information content (AvgIpc) is 2.99. The van der Waals surface area contributed by atoms with E-state index in [1.807, 2.05) is 0 Å². The smallest absolute Gasteiger partial charge is 0.246 e. The van der Waals surface area contributed by atoms with Crippen LogP contribution in [0.1, 0.15) is 17.0 Å². The van der Waals surface area contributed by atoms with Crippen LogP contribution in [0.4, 0.5) is 0 Å². The Labute approximate surface area is 146 Å². The summed E-state index contributed by atoms with van der Waals surface area (Å²) in [5, 5.41) is 0. The number of imidazole rings is 1. The molecule has 7 nitrogen and oxygen atoms in total. The number of aromatic nitrogens is 2. The van der Waals surface area contributed by atoms with E-state index in [1.54, 1.807) is 11.9 Å². The number of H-pyrrole nitrogens is 1.